The smallest absolute Gasteiger partial charge is 0.407 e. The molecular weight excluding hydrogens is 382 g/mol. The van der Waals surface area contributed by atoms with E-state index in [0.29, 0.717) is 35.0 Å². The number of carbonyl (C=O) groups excluding carboxylic acids is 3. The minimum Gasteiger partial charge on any atom is -0.445 e. The maximum atomic E-state index is 12.0. The van der Waals surface area contributed by atoms with Crippen molar-refractivity contribution in [2.75, 3.05) is 6.54 Å². The Bertz CT molecular complexity index is 1180. The molecule has 1 N–H and O–H groups in total. The van der Waals surface area contributed by atoms with Gasteiger partial charge < -0.3 is 14.8 Å². The minimum atomic E-state index is -0.651. The first-order chi connectivity index (χ1) is 14.6. The van der Waals surface area contributed by atoms with Crippen molar-refractivity contribution < 1.29 is 23.9 Å². The number of hydrogen-bond donors (Lipinski definition) is 1. The summed E-state index contributed by atoms with van der Waals surface area (Å²) >= 11 is 0. The second kappa shape index (κ2) is 8.50. The van der Waals surface area contributed by atoms with Crippen molar-refractivity contribution in [3.05, 3.63) is 82.9 Å². The van der Waals surface area contributed by atoms with Crippen LogP contribution in [-0.2, 0) is 16.1 Å². The molecule has 3 aromatic rings. The Morgan fingerprint density at radius 1 is 0.933 bits per heavy atom. The van der Waals surface area contributed by atoms with Gasteiger partial charge in [0.15, 0.2) is 0 Å². The minimum absolute atomic E-state index is 0.209. The molecule has 0 radical (unpaired) electrons. The second-order valence-electron chi connectivity index (χ2n) is 6.61. The van der Waals surface area contributed by atoms with Gasteiger partial charge in [0.2, 0.25) is 0 Å². The monoisotopic (exact) mass is 399 g/mol. The molecule has 0 fully saturated rings. The summed E-state index contributed by atoms with van der Waals surface area (Å²) in [6.07, 6.45) is -0.0797. The van der Waals surface area contributed by atoms with Gasteiger partial charge in [-0.25, -0.2) is 14.4 Å². The fourth-order valence-corrected chi connectivity index (χ4v) is 3.21. The van der Waals surface area contributed by atoms with Crippen molar-refractivity contribution in [1.29, 1.82) is 0 Å². The summed E-state index contributed by atoms with van der Waals surface area (Å²) in [5.74, 6) is 4.74. The van der Waals surface area contributed by atoms with Crippen molar-refractivity contribution in [3.63, 3.8) is 0 Å². The van der Waals surface area contributed by atoms with Gasteiger partial charge >= 0.3 is 18.0 Å². The molecule has 0 aliphatic carbocycles. The van der Waals surface area contributed by atoms with Gasteiger partial charge in [0.25, 0.3) is 0 Å². The number of amides is 1. The molecular formula is C24H17NO5. The Balaban J connectivity index is 1.38. The van der Waals surface area contributed by atoms with Crippen LogP contribution in [-0.4, -0.2) is 24.6 Å². The van der Waals surface area contributed by atoms with Crippen LogP contribution in [0, 0.1) is 11.8 Å². The predicted molar refractivity (Wildman–Crippen MR) is 110 cm³/mol. The van der Waals surface area contributed by atoms with E-state index < -0.39 is 18.0 Å². The average molecular weight is 399 g/mol. The summed E-state index contributed by atoms with van der Waals surface area (Å²) in [6.45, 7) is 0.548. The van der Waals surface area contributed by atoms with Crippen LogP contribution >= 0.6 is 0 Å². The summed E-state index contributed by atoms with van der Waals surface area (Å²) in [5, 5.41) is 3.94. The molecule has 1 heterocycles. The zero-order valence-corrected chi connectivity index (χ0v) is 15.9. The van der Waals surface area contributed by atoms with Gasteiger partial charge in [-0.05, 0) is 29.1 Å². The average Bonchev–Trinajstić information content (AvgIpc) is 2.77. The van der Waals surface area contributed by atoms with Crippen LogP contribution in [0.1, 0.15) is 38.3 Å². The summed E-state index contributed by atoms with van der Waals surface area (Å²) in [7, 11) is 0. The molecule has 4 rings (SSSR count). The first kappa shape index (κ1) is 19.2. The van der Waals surface area contributed by atoms with Gasteiger partial charge in [-0.15, -0.1) is 0 Å². The number of ether oxygens (including phenoxy) is 2. The maximum absolute atomic E-state index is 12.0. The molecule has 0 bridgehead atoms. The van der Waals surface area contributed by atoms with Crippen molar-refractivity contribution in [2.24, 2.45) is 0 Å². The highest BCUT2D eigenvalue weighted by molar-refractivity contribution is 6.21. The van der Waals surface area contributed by atoms with E-state index in [1.165, 1.54) is 0 Å². The van der Waals surface area contributed by atoms with E-state index >= 15 is 0 Å². The lowest BCUT2D eigenvalue weighted by molar-refractivity contribution is 0.0391. The van der Waals surface area contributed by atoms with Crippen LogP contribution in [0.15, 0.2) is 60.7 Å². The van der Waals surface area contributed by atoms with E-state index in [0.717, 1.165) is 10.9 Å². The molecule has 30 heavy (non-hydrogen) atoms. The van der Waals surface area contributed by atoms with Crippen LogP contribution < -0.4 is 5.32 Å². The van der Waals surface area contributed by atoms with Crippen molar-refractivity contribution in [3.8, 4) is 11.8 Å². The lowest BCUT2D eigenvalue weighted by atomic mass is 9.94. The van der Waals surface area contributed by atoms with E-state index in [9.17, 15) is 14.4 Å². The van der Waals surface area contributed by atoms with Gasteiger partial charge in [0.1, 0.15) is 6.61 Å². The fourth-order valence-electron chi connectivity index (χ4n) is 3.21. The number of esters is 2. The fraction of sp³-hybridized carbons (Fsp3) is 0.125. The number of benzene rings is 3. The van der Waals surface area contributed by atoms with E-state index in [4.69, 9.17) is 9.47 Å². The van der Waals surface area contributed by atoms with Gasteiger partial charge in [0, 0.05) is 23.9 Å². The molecule has 3 aromatic carbocycles. The summed E-state index contributed by atoms with van der Waals surface area (Å²) in [5.41, 5.74) is 2.32. The molecule has 0 saturated heterocycles. The van der Waals surface area contributed by atoms with Crippen molar-refractivity contribution in [2.45, 2.75) is 13.0 Å². The van der Waals surface area contributed by atoms with E-state index in [2.05, 4.69) is 17.2 Å². The highest BCUT2D eigenvalue weighted by atomic mass is 16.6. The van der Waals surface area contributed by atoms with E-state index in [-0.39, 0.29) is 6.61 Å². The SMILES string of the molecule is O=C(NCCC#Cc1ccc2c3c(cccc13)C(=O)OC2=O)OCc1ccccc1. The van der Waals surface area contributed by atoms with E-state index in [1.807, 2.05) is 36.4 Å². The highest BCUT2D eigenvalue weighted by Crippen LogP contribution is 2.30. The van der Waals surface area contributed by atoms with E-state index in [1.54, 1.807) is 24.3 Å². The molecule has 0 aromatic heterocycles. The van der Waals surface area contributed by atoms with Gasteiger partial charge in [0.05, 0.1) is 11.1 Å². The van der Waals surface area contributed by atoms with Gasteiger partial charge in [-0.1, -0.05) is 54.3 Å². The predicted octanol–water partition coefficient (Wildman–Crippen LogP) is 3.82. The quantitative estimate of drug-likeness (QED) is 0.312. The second-order valence-corrected chi connectivity index (χ2v) is 6.61. The molecule has 6 heteroatoms. The molecule has 6 nitrogen and oxygen atoms in total. The molecule has 0 spiro atoms. The van der Waals surface area contributed by atoms with Crippen LogP contribution in [0.3, 0.4) is 0 Å². The highest BCUT2D eigenvalue weighted by Gasteiger charge is 2.27. The Kier molecular flexibility index (Phi) is 5.44. The third-order valence-corrected chi connectivity index (χ3v) is 4.62. The lowest BCUT2D eigenvalue weighted by Gasteiger charge is -2.15. The number of hydrogen-bond acceptors (Lipinski definition) is 5. The molecule has 0 unspecified atom stereocenters. The van der Waals surface area contributed by atoms with Crippen LogP contribution in [0.5, 0.6) is 0 Å². The molecule has 1 amide bonds. The summed E-state index contributed by atoms with van der Waals surface area (Å²) < 4.78 is 9.90. The number of alkyl carbamates (subject to hydrolysis) is 1. The first-order valence-corrected chi connectivity index (χ1v) is 9.39. The topological polar surface area (TPSA) is 81.7 Å². The largest absolute Gasteiger partial charge is 0.445 e. The van der Waals surface area contributed by atoms with Crippen LogP contribution in [0.25, 0.3) is 10.8 Å². The summed E-state index contributed by atoms with van der Waals surface area (Å²) in [6, 6.07) is 17.9. The maximum Gasteiger partial charge on any atom is 0.407 e. The third-order valence-electron chi connectivity index (χ3n) is 4.62. The first-order valence-electron chi connectivity index (χ1n) is 9.39. The molecule has 0 saturated carbocycles. The summed E-state index contributed by atoms with van der Waals surface area (Å²) in [4.78, 5) is 35.7. The van der Waals surface area contributed by atoms with Crippen LogP contribution in [0.2, 0.25) is 0 Å². The molecule has 1 aliphatic heterocycles. The van der Waals surface area contributed by atoms with Crippen molar-refractivity contribution in [1.82, 2.24) is 5.32 Å². The van der Waals surface area contributed by atoms with Gasteiger partial charge in [-0.3, -0.25) is 0 Å². The van der Waals surface area contributed by atoms with Crippen LogP contribution in [0.4, 0.5) is 4.79 Å². The Labute approximate surface area is 172 Å². The third kappa shape index (κ3) is 4.01. The Hall–Kier alpha value is -4.11. The zero-order valence-electron chi connectivity index (χ0n) is 15.9. The molecule has 1 aliphatic rings. The Morgan fingerprint density at radius 2 is 1.70 bits per heavy atom. The van der Waals surface area contributed by atoms with Crippen molar-refractivity contribution >= 4 is 28.8 Å². The number of carbonyl (C=O) groups is 3. The number of cyclic esters (lactones) is 2. The molecule has 148 valence electrons. The standard InChI is InChI=1S/C24H17NO5/c26-22-19-11-6-10-18-17(12-13-20(21(18)19)23(27)30-22)9-4-5-14-25-24(28)29-15-16-7-2-1-3-8-16/h1-3,6-8,10-13H,5,14-15H2,(H,25,28). The van der Waals surface area contributed by atoms with Gasteiger partial charge in [-0.2, -0.15) is 0 Å². The number of rotatable bonds is 4. The lowest BCUT2D eigenvalue weighted by Crippen LogP contribution is -2.24. The zero-order chi connectivity index (χ0) is 20.9. The normalized spacial score (nSPS) is 12.0. The Morgan fingerprint density at radius 3 is 2.50 bits per heavy atom. The number of nitrogens with one attached hydrogen (secondary N) is 1. The molecule has 0 atom stereocenters.